The minimum atomic E-state index is -1.70. The van der Waals surface area contributed by atoms with Crippen molar-refractivity contribution in [2.24, 2.45) is 0 Å². The van der Waals surface area contributed by atoms with Crippen LogP contribution in [0.3, 0.4) is 0 Å². The molecule has 0 bridgehead atoms. The van der Waals surface area contributed by atoms with Gasteiger partial charge in [-0.25, -0.2) is 4.98 Å². The van der Waals surface area contributed by atoms with Crippen LogP contribution in [0, 0.1) is 6.92 Å². The van der Waals surface area contributed by atoms with Crippen LogP contribution in [0.5, 0.6) is 0 Å². The molecule has 0 aliphatic carbocycles. The van der Waals surface area contributed by atoms with Gasteiger partial charge in [-0.15, -0.1) is 0 Å². The summed E-state index contributed by atoms with van der Waals surface area (Å²) in [7, 11) is 1.65. The number of nitrogens with zero attached hydrogens (tertiary/aromatic N) is 3. The summed E-state index contributed by atoms with van der Waals surface area (Å²) in [5.74, 6) is -1.08. The summed E-state index contributed by atoms with van der Waals surface area (Å²) < 4.78 is 6.93. The summed E-state index contributed by atoms with van der Waals surface area (Å²) in [4.78, 5) is 49.8. The Kier molecular flexibility index (Phi) is 3.81. The molecule has 2 aromatic heterocycles. The topological polar surface area (TPSA) is 83.7 Å². The number of aryl methyl sites for hydroxylation is 1. The fraction of sp³-hybridized carbons (Fsp3) is 0.111. The molecule has 0 fully saturated rings. The van der Waals surface area contributed by atoms with Gasteiger partial charge in [-0.2, -0.15) is 0 Å². The van der Waals surface area contributed by atoms with Crippen molar-refractivity contribution in [2.75, 3.05) is 16.8 Å². The first-order chi connectivity index (χ1) is 16.9. The number of hydrogen-bond donors (Lipinski definition) is 0. The number of fused-ring (bicyclic) bond motifs is 6. The molecule has 7 rings (SSSR count). The van der Waals surface area contributed by atoms with Crippen molar-refractivity contribution in [1.29, 1.82) is 0 Å². The van der Waals surface area contributed by atoms with E-state index < -0.39 is 22.8 Å². The van der Waals surface area contributed by atoms with Gasteiger partial charge in [0.05, 0.1) is 21.2 Å². The van der Waals surface area contributed by atoms with Gasteiger partial charge in [0.2, 0.25) is 5.76 Å². The van der Waals surface area contributed by atoms with Crippen LogP contribution in [0.25, 0.3) is 21.2 Å². The number of benzene rings is 3. The Balaban J connectivity index is 1.64. The highest BCUT2D eigenvalue weighted by molar-refractivity contribution is 7.22. The van der Waals surface area contributed by atoms with Crippen LogP contribution in [-0.4, -0.2) is 23.8 Å². The summed E-state index contributed by atoms with van der Waals surface area (Å²) in [5, 5.41) is 0.656. The van der Waals surface area contributed by atoms with Crippen molar-refractivity contribution in [3.8, 4) is 0 Å². The lowest BCUT2D eigenvalue weighted by Gasteiger charge is -2.31. The zero-order valence-corrected chi connectivity index (χ0v) is 19.6. The van der Waals surface area contributed by atoms with Gasteiger partial charge in [-0.3, -0.25) is 19.3 Å². The number of carbonyl (C=O) groups excluding carboxylic acids is 2. The second-order valence-electron chi connectivity index (χ2n) is 8.83. The number of thiazole rings is 1. The minimum Gasteiger partial charge on any atom is -0.450 e. The molecule has 35 heavy (non-hydrogen) atoms. The molecule has 7 nitrogen and oxygen atoms in total. The number of anilines is 2. The highest BCUT2D eigenvalue weighted by atomic mass is 32.1. The predicted octanol–water partition coefficient (Wildman–Crippen LogP) is 4.59. The van der Waals surface area contributed by atoms with Gasteiger partial charge in [0.15, 0.2) is 16.1 Å². The van der Waals surface area contributed by atoms with Crippen molar-refractivity contribution >= 4 is 55.2 Å². The second kappa shape index (κ2) is 6.64. The lowest BCUT2D eigenvalue weighted by atomic mass is 9.84. The molecule has 0 N–H and O–H groups in total. The van der Waals surface area contributed by atoms with E-state index in [-0.39, 0.29) is 11.3 Å². The molecule has 8 heteroatoms. The number of likely N-dealkylation sites (N-methyl/N-ethyl adjacent to an activating group) is 1. The molecule has 0 saturated heterocycles. The van der Waals surface area contributed by atoms with Crippen molar-refractivity contribution in [2.45, 2.75) is 12.5 Å². The molecule has 1 spiro atoms. The first-order valence-corrected chi connectivity index (χ1v) is 11.9. The SMILES string of the molecule is Cc1ccc2nc(N3C(=O)c4oc5ccccc5c(=O)c4C34C(=O)N(C)c3ccccc34)sc2c1. The Morgan fingerprint density at radius 2 is 1.74 bits per heavy atom. The van der Waals surface area contributed by atoms with Crippen LogP contribution < -0.4 is 15.2 Å². The maximum absolute atomic E-state index is 14.2. The van der Waals surface area contributed by atoms with Crippen LogP contribution >= 0.6 is 11.3 Å². The van der Waals surface area contributed by atoms with Crippen LogP contribution in [0.15, 0.2) is 75.9 Å². The predicted molar refractivity (Wildman–Crippen MR) is 134 cm³/mol. The molecular formula is C27H17N3O4S. The van der Waals surface area contributed by atoms with E-state index in [1.807, 2.05) is 37.3 Å². The number of hydrogen-bond acceptors (Lipinski definition) is 6. The molecule has 2 amide bonds. The van der Waals surface area contributed by atoms with Crippen molar-refractivity contribution in [3.05, 3.63) is 99.4 Å². The third-order valence-corrected chi connectivity index (χ3v) is 7.89. The maximum Gasteiger partial charge on any atom is 0.297 e. The molecular weight excluding hydrogens is 462 g/mol. The highest BCUT2D eigenvalue weighted by Gasteiger charge is 2.65. The molecule has 5 aromatic rings. The maximum atomic E-state index is 14.2. The van der Waals surface area contributed by atoms with E-state index in [0.29, 0.717) is 32.9 Å². The average molecular weight is 480 g/mol. The fourth-order valence-electron chi connectivity index (χ4n) is 5.33. The highest BCUT2D eigenvalue weighted by Crippen LogP contribution is 2.54. The van der Waals surface area contributed by atoms with Gasteiger partial charge >= 0.3 is 0 Å². The largest absolute Gasteiger partial charge is 0.450 e. The quantitative estimate of drug-likeness (QED) is 0.351. The lowest BCUT2D eigenvalue weighted by molar-refractivity contribution is -0.121. The summed E-state index contributed by atoms with van der Waals surface area (Å²) in [6, 6.07) is 19.8. The summed E-state index contributed by atoms with van der Waals surface area (Å²) in [6.07, 6.45) is 0. The van der Waals surface area contributed by atoms with E-state index in [4.69, 9.17) is 9.40 Å². The standard InChI is InChI=1S/C27H17N3O4S/c1-14-11-12-17-20(13-14)35-26(28-17)30-24(32)23-21(22(31)15-7-3-6-10-19(15)34-23)27(30)16-8-4-5-9-18(16)29(2)25(27)33/h3-13H,1-2H3. The number of para-hydroxylation sites is 2. The Labute approximate surface area is 202 Å². The first-order valence-electron chi connectivity index (χ1n) is 11.1. The van der Waals surface area contributed by atoms with Gasteiger partial charge < -0.3 is 9.32 Å². The molecule has 1 unspecified atom stereocenters. The number of rotatable bonds is 1. The number of aromatic nitrogens is 1. The third-order valence-electron chi connectivity index (χ3n) is 6.89. The van der Waals surface area contributed by atoms with Crippen molar-refractivity contribution in [3.63, 3.8) is 0 Å². The molecule has 4 heterocycles. The third kappa shape index (κ3) is 2.34. The number of amides is 2. The monoisotopic (exact) mass is 479 g/mol. The Hall–Kier alpha value is -4.30. The fourth-order valence-corrected chi connectivity index (χ4v) is 6.44. The summed E-state index contributed by atoms with van der Waals surface area (Å²) in [5.41, 5.74) is 1.20. The molecule has 3 aromatic carbocycles. The van der Waals surface area contributed by atoms with Crippen LogP contribution in [0.1, 0.15) is 27.2 Å². The van der Waals surface area contributed by atoms with Gasteiger partial charge in [0.1, 0.15) is 5.58 Å². The number of carbonyl (C=O) groups is 2. The van der Waals surface area contributed by atoms with Crippen molar-refractivity contribution in [1.82, 2.24) is 4.98 Å². The molecule has 2 aliphatic rings. The average Bonchev–Trinajstić information content (AvgIpc) is 3.46. The molecule has 1 atom stereocenters. The first kappa shape index (κ1) is 20.1. The van der Waals surface area contributed by atoms with Crippen molar-refractivity contribution < 1.29 is 14.0 Å². The van der Waals surface area contributed by atoms with Gasteiger partial charge in [-0.05, 0) is 42.8 Å². The van der Waals surface area contributed by atoms with E-state index in [1.54, 1.807) is 43.4 Å². The summed E-state index contributed by atoms with van der Waals surface area (Å²) in [6.45, 7) is 1.98. The van der Waals surface area contributed by atoms with E-state index >= 15 is 0 Å². The van der Waals surface area contributed by atoms with E-state index in [2.05, 4.69) is 0 Å². The van der Waals surface area contributed by atoms with Gasteiger partial charge in [0.25, 0.3) is 11.8 Å². The van der Waals surface area contributed by atoms with Gasteiger partial charge in [-0.1, -0.05) is 47.7 Å². The zero-order valence-electron chi connectivity index (χ0n) is 18.7. The normalized spacial score (nSPS) is 18.8. The van der Waals surface area contributed by atoms with E-state index in [0.717, 1.165) is 10.3 Å². The minimum absolute atomic E-state index is 0.0402. The Bertz CT molecular complexity index is 1820. The Morgan fingerprint density at radius 3 is 2.60 bits per heavy atom. The molecule has 170 valence electrons. The van der Waals surface area contributed by atoms with Gasteiger partial charge in [0, 0.05) is 18.3 Å². The molecule has 0 saturated carbocycles. The molecule has 2 aliphatic heterocycles. The van der Waals surface area contributed by atoms with Crippen LogP contribution in [0.2, 0.25) is 0 Å². The Morgan fingerprint density at radius 1 is 0.971 bits per heavy atom. The second-order valence-corrected chi connectivity index (χ2v) is 9.84. The molecule has 0 radical (unpaired) electrons. The van der Waals surface area contributed by atoms with E-state index in [1.165, 1.54) is 21.1 Å². The summed E-state index contributed by atoms with van der Waals surface area (Å²) >= 11 is 1.31. The lowest BCUT2D eigenvalue weighted by Crippen LogP contribution is -2.53. The zero-order chi connectivity index (χ0) is 24.1. The van der Waals surface area contributed by atoms with Crippen LogP contribution in [-0.2, 0) is 10.3 Å². The van der Waals surface area contributed by atoms with E-state index in [9.17, 15) is 14.4 Å². The van der Waals surface area contributed by atoms with Crippen LogP contribution in [0.4, 0.5) is 10.8 Å². The smallest absolute Gasteiger partial charge is 0.297 e.